The van der Waals surface area contributed by atoms with Gasteiger partial charge in [-0.15, -0.1) is 0 Å². The predicted octanol–water partition coefficient (Wildman–Crippen LogP) is 3.97. The van der Waals surface area contributed by atoms with Crippen LogP contribution in [-0.2, 0) is 0 Å². The zero-order valence-corrected chi connectivity index (χ0v) is 11.6. The van der Waals surface area contributed by atoms with Crippen molar-refractivity contribution in [1.82, 2.24) is 4.90 Å². The van der Waals surface area contributed by atoms with Crippen LogP contribution in [0.2, 0.25) is 0 Å². The van der Waals surface area contributed by atoms with Crippen molar-refractivity contribution >= 4 is 0 Å². The molecule has 0 spiro atoms. The molecule has 0 saturated heterocycles. The number of rotatable bonds is 8. The highest BCUT2D eigenvalue weighted by molar-refractivity contribution is 4.78. The summed E-state index contributed by atoms with van der Waals surface area (Å²) in [5.41, 5.74) is 0. The molecular formula is C15H28N2. The normalized spacial score (nSPS) is 16.9. The van der Waals surface area contributed by atoms with Crippen LogP contribution in [-0.4, -0.2) is 24.0 Å². The minimum atomic E-state index is 0.725. The van der Waals surface area contributed by atoms with Crippen molar-refractivity contribution in [2.45, 2.75) is 71.3 Å². The Balaban J connectivity index is 2.27. The Hall–Kier alpha value is -0.550. The quantitative estimate of drug-likeness (QED) is 0.596. The van der Waals surface area contributed by atoms with Crippen LogP contribution in [0.25, 0.3) is 0 Å². The van der Waals surface area contributed by atoms with Gasteiger partial charge < -0.3 is 4.90 Å². The summed E-state index contributed by atoms with van der Waals surface area (Å²) in [6.07, 6.45) is 9.94. The second-order valence-corrected chi connectivity index (χ2v) is 5.77. The van der Waals surface area contributed by atoms with Gasteiger partial charge in [0.05, 0.1) is 6.07 Å². The summed E-state index contributed by atoms with van der Waals surface area (Å²) in [6, 6.07) is 3.09. The highest BCUT2D eigenvalue weighted by Gasteiger charge is 2.21. The van der Waals surface area contributed by atoms with Gasteiger partial charge in [-0.1, -0.05) is 26.7 Å². The Morgan fingerprint density at radius 2 is 1.88 bits per heavy atom. The Morgan fingerprint density at radius 1 is 1.18 bits per heavy atom. The van der Waals surface area contributed by atoms with E-state index in [0.717, 1.165) is 24.8 Å². The van der Waals surface area contributed by atoms with Gasteiger partial charge in [0.2, 0.25) is 0 Å². The minimum absolute atomic E-state index is 0.725. The standard InChI is InChI=1S/C15H28N2/c1-14(2)10-13-17(12-7-3-6-11-16)15-8-4-5-9-15/h14-15H,3-10,12-13H2,1-2H3. The molecule has 0 heterocycles. The third-order valence-electron chi connectivity index (χ3n) is 3.82. The molecule has 0 unspecified atom stereocenters. The molecule has 0 atom stereocenters. The van der Waals surface area contributed by atoms with Crippen LogP contribution in [0.1, 0.15) is 65.2 Å². The van der Waals surface area contributed by atoms with Crippen molar-refractivity contribution in [3.63, 3.8) is 0 Å². The van der Waals surface area contributed by atoms with Crippen molar-refractivity contribution in [1.29, 1.82) is 5.26 Å². The third kappa shape index (κ3) is 6.07. The molecule has 0 aromatic carbocycles. The van der Waals surface area contributed by atoms with Gasteiger partial charge in [-0.3, -0.25) is 0 Å². The molecule has 0 N–H and O–H groups in total. The first-order chi connectivity index (χ1) is 8.24. The number of nitriles is 1. The highest BCUT2D eigenvalue weighted by atomic mass is 15.2. The topological polar surface area (TPSA) is 27.0 Å². The Labute approximate surface area is 107 Å². The number of unbranched alkanes of at least 4 members (excludes halogenated alkanes) is 2. The smallest absolute Gasteiger partial charge is 0.0621 e. The van der Waals surface area contributed by atoms with Crippen LogP contribution in [0.4, 0.5) is 0 Å². The molecule has 1 fully saturated rings. The van der Waals surface area contributed by atoms with Crippen molar-refractivity contribution < 1.29 is 0 Å². The van der Waals surface area contributed by atoms with Gasteiger partial charge in [0, 0.05) is 12.5 Å². The lowest BCUT2D eigenvalue weighted by Crippen LogP contribution is -2.35. The van der Waals surface area contributed by atoms with Gasteiger partial charge in [0.15, 0.2) is 0 Å². The Kier molecular flexibility index (Phi) is 7.28. The molecule has 2 heteroatoms. The lowest BCUT2D eigenvalue weighted by atomic mass is 10.1. The van der Waals surface area contributed by atoms with Crippen molar-refractivity contribution in [3.8, 4) is 6.07 Å². The largest absolute Gasteiger partial charge is 0.300 e. The lowest BCUT2D eigenvalue weighted by Gasteiger charge is -2.29. The molecule has 2 nitrogen and oxygen atoms in total. The minimum Gasteiger partial charge on any atom is -0.300 e. The summed E-state index contributed by atoms with van der Waals surface area (Å²) >= 11 is 0. The lowest BCUT2D eigenvalue weighted by molar-refractivity contribution is 0.185. The van der Waals surface area contributed by atoms with E-state index < -0.39 is 0 Å². The summed E-state index contributed by atoms with van der Waals surface area (Å²) < 4.78 is 0. The molecule has 0 aliphatic heterocycles. The first kappa shape index (κ1) is 14.5. The fourth-order valence-electron chi connectivity index (χ4n) is 2.69. The molecule has 0 aromatic heterocycles. The monoisotopic (exact) mass is 236 g/mol. The molecule has 0 bridgehead atoms. The second kappa shape index (κ2) is 8.53. The van der Waals surface area contributed by atoms with E-state index in [1.165, 1.54) is 51.6 Å². The SMILES string of the molecule is CC(C)CCN(CCCCC#N)C1CCCC1. The van der Waals surface area contributed by atoms with Crippen LogP contribution in [0.15, 0.2) is 0 Å². The van der Waals surface area contributed by atoms with Gasteiger partial charge in [-0.25, -0.2) is 0 Å². The summed E-state index contributed by atoms with van der Waals surface area (Å²) in [5, 5.41) is 8.56. The molecule has 0 radical (unpaired) electrons. The van der Waals surface area contributed by atoms with Gasteiger partial charge in [0.1, 0.15) is 0 Å². The molecule has 1 rings (SSSR count). The second-order valence-electron chi connectivity index (χ2n) is 5.77. The number of hydrogen-bond donors (Lipinski definition) is 0. The molecule has 1 saturated carbocycles. The van der Waals surface area contributed by atoms with Gasteiger partial charge >= 0.3 is 0 Å². The van der Waals surface area contributed by atoms with Crippen molar-refractivity contribution in [2.75, 3.05) is 13.1 Å². The van der Waals surface area contributed by atoms with Crippen LogP contribution < -0.4 is 0 Å². The van der Waals surface area contributed by atoms with Crippen LogP contribution >= 0.6 is 0 Å². The zero-order valence-electron chi connectivity index (χ0n) is 11.6. The average molecular weight is 236 g/mol. The summed E-state index contributed by atoms with van der Waals surface area (Å²) in [7, 11) is 0. The molecule has 98 valence electrons. The average Bonchev–Trinajstić information content (AvgIpc) is 2.81. The summed E-state index contributed by atoms with van der Waals surface area (Å²) in [5.74, 6) is 0.804. The fourth-order valence-corrected chi connectivity index (χ4v) is 2.69. The maximum atomic E-state index is 8.56. The van der Waals surface area contributed by atoms with Gasteiger partial charge in [-0.2, -0.15) is 5.26 Å². The molecule has 0 amide bonds. The van der Waals surface area contributed by atoms with E-state index >= 15 is 0 Å². The van der Waals surface area contributed by atoms with Crippen molar-refractivity contribution in [3.05, 3.63) is 0 Å². The van der Waals surface area contributed by atoms with E-state index in [1.807, 2.05) is 0 Å². The van der Waals surface area contributed by atoms with Crippen LogP contribution in [0.3, 0.4) is 0 Å². The summed E-state index contributed by atoms with van der Waals surface area (Å²) in [4.78, 5) is 2.70. The van der Waals surface area contributed by atoms with E-state index in [4.69, 9.17) is 5.26 Å². The van der Waals surface area contributed by atoms with E-state index in [-0.39, 0.29) is 0 Å². The first-order valence-electron chi connectivity index (χ1n) is 7.35. The number of hydrogen-bond acceptors (Lipinski definition) is 2. The maximum Gasteiger partial charge on any atom is 0.0621 e. The predicted molar refractivity (Wildman–Crippen MR) is 72.7 cm³/mol. The van der Waals surface area contributed by atoms with Gasteiger partial charge in [-0.05, 0) is 51.1 Å². The Morgan fingerprint density at radius 3 is 2.47 bits per heavy atom. The Bertz CT molecular complexity index is 224. The van der Waals surface area contributed by atoms with Gasteiger partial charge in [0.25, 0.3) is 0 Å². The van der Waals surface area contributed by atoms with E-state index in [1.54, 1.807) is 0 Å². The van der Waals surface area contributed by atoms with Crippen LogP contribution in [0.5, 0.6) is 0 Å². The highest BCUT2D eigenvalue weighted by Crippen LogP contribution is 2.24. The first-order valence-corrected chi connectivity index (χ1v) is 7.35. The van der Waals surface area contributed by atoms with Crippen LogP contribution in [0, 0.1) is 17.2 Å². The summed E-state index contributed by atoms with van der Waals surface area (Å²) in [6.45, 7) is 7.08. The van der Waals surface area contributed by atoms with E-state index in [2.05, 4.69) is 24.8 Å². The molecule has 1 aliphatic carbocycles. The van der Waals surface area contributed by atoms with Crippen molar-refractivity contribution in [2.24, 2.45) is 5.92 Å². The zero-order chi connectivity index (χ0) is 12.5. The molecular weight excluding hydrogens is 208 g/mol. The van der Waals surface area contributed by atoms with E-state index in [9.17, 15) is 0 Å². The molecule has 1 aliphatic rings. The maximum absolute atomic E-state index is 8.56. The fraction of sp³-hybridized carbons (Fsp3) is 0.933. The molecule has 0 aromatic rings. The molecule has 17 heavy (non-hydrogen) atoms. The van der Waals surface area contributed by atoms with E-state index in [0.29, 0.717) is 0 Å². The number of nitrogens with zero attached hydrogens (tertiary/aromatic N) is 2. The third-order valence-corrected chi connectivity index (χ3v) is 3.82.